The summed E-state index contributed by atoms with van der Waals surface area (Å²) in [6.45, 7) is 0. The number of nitrogens with two attached hydrogens (primary N) is 1. The molecule has 0 heterocycles. The summed E-state index contributed by atoms with van der Waals surface area (Å²) in [6, 6.07) is 27.9. The summed E-state index contributed by atoms with van der Waals surface area (Å²) in [5.41, 5.74) is 7.31. The zero-order valence-corrected chi connectivity index (χ0v) is 17.1. The molecule has 0 radical (unpaired) electrons. The molecule has 4 aromatic carbocycles. The minimum absolute atomic E-state index is 0.729. The maximum Gasteiger partial charge on any atom is 0.150 e. The van der Waals surface area contributed by atoms with Crippen LogP contribution in [0.25, 0.3) is 21.5 Å². The van der Waals surface area contributed by atoms with Crippen molar-refractivity contribution in [2.75, 3.05) is 5.73 Å². The van der Waals surface area contributed by atoms with Gasteiger partial charge in [-0.15, -0.1) is 0 Å². The lowest BCUT2D eigenvalue weighted by Crippen LogP contribution is -1.83. The van der Waals surface area contributed by atoms with Crippen LogP contribution < -0.4 is 5.73 Å². The van der Waals surface area contributed by atoms with Gasteiger partial charge in [-0.2, -0.15) is 0 Å². The average Bonchev–Trinajstić information content (AvgIpc) is 3.45. The summed E-state index contributed by atoms with van der Waals surface area (Å²) in [6.07, 6.45) is 10.0. The highest BCUT2D eigenvalue weighted by Gasteiger charge is 2.25. The van der Waals surface area contributed by atoms with Crippen LogP contribution in [0.3, 0.4) is 0 Å². The number of hydrogen-bond acceptors (Lipinski definition) is 2. The Morgan fingerprint density at radius 2 is 1.23 bits per heavy atom. The van der Waals surface area contributed by atoms with E-state index in [0.29, 0.717) is 0 Å². The molecule has 0 saturated heterocycles. The molecule has 0 aliphatic heterocycles. The molecule has 2 atom stereocenters. The number of allylic oxidation sites excluding steroid dienone is 2. The fourth-order valence-electron chi connectivity index (χ4n) is 4.21. The molecular formula is C28H27NO. The van der Waals surface area contributed by atoms with Gasteiger partial charge in [0.25, 0.3) is 0 Å². The predicted molar refractivity (Wildman–Crippen MR) is 128 cm³/mol. The topological polar surface area (TPSA) is 43.1 Å². The van der Waals surface area contributed by atoms with Crippen LogP contribution in [-0.4, -0.2) is 6.29 Å². The highest BCUT2D eigenvalue weighted by atomic mass is 16.1. The van der Waals surface area contributed by atoms with E-state index in [1.54, 1.807) is 12.1 Å². The largest absolute Gasteiger partial charge is 0.399 e. The Balaban J connectivity index is 0.000000122. The number of carbonyl (C=O) groups excluding carboxylic acids is 1. The molecule has 2 N–H and O–H groups in total. The quantitative estimate of drug-likeness (QED) is 0.163. The van der Waals surface area contributed by atoms with Crippen molar-refractivity contribution in [1.82, 2.24) is 0 Å². The van der Waals surface area contributed by atoms with Crippen LogP contribution >= 0.6 is 0 Å². The van der Waals surface area contributed by atoms with Gasteiger partial charge in [-0.05, 0) is 76.9 Å². The lowest BCUT2D eigenvalue weighted by molar-refractivity contribution is 0.112. The highest BCUT2D eigenvalue weighted by molar-refractivity contribution is 5.99. The SMILES string of the molecule is C1=CC2CCC1C2.Nc1ccc2cc3ccccc3cc2c1.O=Cc1ccccc1. The predicted octanol–water partition coefficient (Wildman–Crippen LogP) is 7.05. The van der Waals surface area contributed by atoms with E-state index in [2.05, 4.69) is 54.6 Å². The van der Waals surface area contributed by atoms with Gasteiger partial charge < -0.3 is 5.73 Å². The average molecular weight is 394 g/mol. The number of aldehydes is 1. The normalized spacial score (nSPS) is 18.4. The fraction of sp³-hybridized carbons (Fsp3) is 0.179. The Morgan fingerprint density at radius 1 is 0.667 bits per heavy atom. The Labute approximate surface area is 178 Å². The van der Waals surface area contributed by atoms with Crippen molar-refractivity contribution >= 4 is 33.5 Å². The summed E-state index contributed by atoms with van der Waals surface area (Å²) in [7, 11) is 0. The van der Waals surface area contributed by atoms with Crippen molar-refractivity contribution in [2.45, 2.75) is 19.3 Å². The molecule has 1 fully saturated rings. The number of carbonyl (C=O) groups is 1. The van der Waals surface area contributed by atoms with Crippen molar-refractivity contribution in [3.8, 4) is 0 Å². The summed E-state index contributed by atoms with van der Waals surface area (Å²) in [5, 5.41) is 4.97. The Hall–Kier alpha value is -3.39. The number of nitrogen functional groups attached to an aromatic ring is 1. The maximum atomic E-state index is 10.0. The minimum Gasteiger partial charge on any atom is -0.399 e. The van der Waals surface area contributed by atoms with Gasteiger partial charge in [-0.3, -0.25) is 4.79 Å². The molecule has 0 spiro atoms. The molecule has 30 heavy (non-hydrogen) atoms. The lowest BCUT2D eigenvalue weighted by Gasteiger charge is -2.02. The highest BCUT2D eigenvalue weighted by Crippen LogP contribution is 2.38. The van der Waals surface area contributed by atoms with Crippen LogP contribution in [0.1, 0.15) is 29.6 Å². The summed E-state index contributed by atoms with van der Waals surface area (Å²) in [4.78, 5) is 10.0. The molecule has 2 aliphatic rings. The van der Waals surface area contributed by atoms with E-state index in [4.69, 9.17) is 5.73 Å². The van der Waals surface area contributed by atoms with Crippen LogP contribution in [0.15, 0.2) is 97.1 Å². The van der Waals surface area contributed by atoms with Gasteiger partial charge in [0.2, 0.25) is 0 Å². The summed E-state index contributed by atoms with van der Waals surface area (Å²) in [5.74, 6) is 1.98. The van der Waals surface area contributed by atoms with Crippen molar-refractivity contribution in [3.05, 3.63) is 103 Å². The molecule has 2 bridgehead atoms. The van der Waals surface area contributed by atoms with Gasteiger partial charge in [0.1, 0.15) is 6.29 Å². The second kappa shape index (κ2) is 9.41. The van der Waals surface area contributed by atoms with E-state index >= 15 is 0 Å². The van der Waals surface area contributed by atoms with Crippen LogP contribution in [0.4, 0.5) is 5.69 Å². The zero-order valence-electron chi connectivity index (χ0n) is 17.1. The minimum atomic E-state index is 0.729. The van der Waals surface area contributed by atoms with E-state index in [1.807, 2.05) is 30.3 Å². The first-order chi connectivity index (χ1) is 14.7. The molecule has 6 rings (SSSR count). The van der Waals surface area contributed by atoms with E-state index in [-0.39, 0.29) is 0 Å². The van der Waals surface area contributed by atoms with Crippen molar-refractivity contribution in [2.24, 2.45) is 11.8 Å². The molecule has 2 nitrogen and oxygen atoms in total. The molecule has 2 unspecified atom stereocenters. The van der Waals surface area contributed by atoms with Crippen LogP contribution in [-0.2, 0) is 0 Å². The number of hydrogen-bond donors (Lipinski definition) is 1. The number of rotatable bonds is 1. The first-order valence-electron chi connectivity index (χ1n) is 10.6. The molecule has 1 saturated carbocycles. The lowest BCUT2D eigenvalue weighted by atomic mass is 10.0. The van der Waals surface area contributed by atoms with Crippen LogP contribution in [0.2, 0.25) is 0 Å². The third-order valence-corrected chi connectivity index (χ3v) is 5.83. The van der Waals surface area contributed by atoms with Crippen LogP contribution in [0.5, 0.6) is 0 Å². The molecule has 2 heteroatoms. The van der Waals surface area contributed by atoms with Gasteiger partial charge in [-0.1, -0.05) is 72.8 Å². The zero-order chi connectivity index (χ0) is 20.8. The summed E-state index contributed by atoms with van der Waals surface area (Å²) >= 11 is 0. The van der Waals surface area contributed by atoms with E-state index in [9.17, 15) is 4.79 Å². The second-order valence-electron chi connectivity index (χ2n) is 8.05. The van der Waals surface area contributed by atoms with E-state index in [0.717, 1.165) is 29.4 Å². The fourth-order valence-corrected chi connectivity index (χ4v) is 4.21. The van der Waals surface area contributed by atoms with E-state index < -0.39 is 0 Å². The molecule has 150 valence electrons. The monoisotopic (exact) mass is 393 g/mol. The third kappa shape index (κ3) is 4.96. The van der Waals surface area contributed by atoms with Gasteiger partial charge in [0, 0.05) is 11.3 Å². The Morgan fingerprint density at radius 3 is 1.73 bits per heavy atom. The standard InChI is InChI=1S/C14H11N.C7H6O.C7H10/c15-14-6-5-12-7-10-3-1-2-4-11(10)8-13(12)9-14;8-6-7-4-2-1-3-5-7;1-2-7-4-3-6(1)5-7/h1-9H,15H2;1-6H;1-2,6-7H,3-5H2. The number of anilines is 1. The van der Waals surface area contributed by atoms with Crippen molar-refractivity contribution < 1.29 is 4.79 Å². The molecular weight excluding hydrogens is 366 g/mol. The first-order valence-corrected chi connectivity index (χ1v) is 10.6. The van der Waals surface area contributed by atoms with Gasteiger partial charge in [-0.25, -0.2) is 0 Å². The number of fused-ring (bicyclic) bond motifs is 4. The molecule has 0 amide bonds. The van der Waals surface area contributed by atoms with Gasteiger partial charge in [0.05, 0.1) is 0 Å². The Kier molecular flexibility index (Phi) is 6.24. The smallest absolute Gasteiger partial charge is 0.150 e. The van der Waals surface area contributed by atoms with Crippen LogP contribution in [0, 0.1) is 11.8 Å². The molecule has 2 aliphatic carbocycles. The summed E-state index contributed by atoms with van der Waals surface area (Å²) < 4.78 is 0. The maximum absolute atomic E-state index is 10.0. The second-order valence-corrected chi connectivity index (χ2v) is 8.05. The molecule has 4 aromatic rings. The van der Waals surface area contributed by atoms with Crippen molar-refractivity contribution in [3.63, 3.8) is 0 Å². The molecule has 0 aromatic heterocycles. The van der Waals surface area contributed by atoms with E-state index in [1.165, 1.54) is 40.8 Å². The Bertz CT molecular complexity index is 1150. The first kappa shape index (κ1) is 19.9. The third-order valence-electron chi connectivity index (χ3n) is 5.83. The number of benzene rings is 4. The van der Waals surface area contributed by atoms with Gasteiger partial charge in [0.15, 0.2) is 0 Å². The van der Waals surface area contributed by atoms with Crippen molar-refractivity contribution in [1.29, 1.82) is 0 Å². The van der Waals surface area contributed by atoms with Gasteiger partial charge >= 0.3 is 0 Å².